The van der Waals surface area contributed by atoms with E-state index in [-0.39, 0.29) is 17.2 Å². The molecule has 2 N–H and O–H groups in total. The van der Waals surface area contributed by atoms with E-state index in [0.717, 1.165) is 11.0 Å². The molecule has 1 rings (SSSR count). The van der Waals surface area contributed by atoms with E-state index in [4.69, 9.17) is 10.2 Å². The number of aliphatic carboxylic acids is 2. The van der Waals surface area contributed by atoms with Crippen LogP contribution in [0.3, 0.4) is 0 Å². The molecular formula is C10H11N3O6. The largest absolute Gasteiger partial charge is 0.480 e. The van der Waals surface area contributed by atoms with Gasteiger partial charge >= 0.3 is 11.9 Å². The van der Waals surface area contributed by atoms with Gasteiger partial charge in [0.15, 0.2) is 0 Å². The van der Waals surface area contributed by atoms with Crippen LogP contribution in [0.2, 0.25) is 0 Å². The Labute approximate surface area is 107 Å². The summed E-state index contributed by atoms with van der Waals surface area (Å²) in [5.41, 5.74) is -0.127. The highest BCUT2D eigenvalue weighted by atomic mass is 16.6. The maximum absolute atomic E-state index is 10.7. The highest BCUT2D eigenvalue weighted by molar-refractivity contribution is 5.78. The molecular weight excluding hydrogens is 258 g/mol. The fourth-order valence-corrected chi connectivity index (χ4v) is 1.45. The van der Waals surface area contributed by atoms with Crippen LogP contribution in [-0.4, -0.2) is 45.1 Å². The van der Waals surface area contributed by atoms with Crippen molar-refractivity contribution in [2.24, 2.45) is 0 Å². The molecule has 102 valence electrons. The van der Waals surface area contributed by atoms with Crippen LogP contribution in [0.1, 0.15) is 5.69 Å². The van der Waals surface area contributed by atoms with Gasteiger partial charge in [-0.1, -0.05) is 0 Å². The third kappa shape index (κ3) is 3.91. The molecule has 1 aromatic rings. The number of aryl methyl sites for hydroxylation is 1. The molecule has 0 aliphatic carbocycles. The monoisotopic (exact) mass is 269 g/mol. The SMILES string of the molecule is Cc1nc(N(CC(=O)O)CC(=O)O)ccc1[N+](=O)[O-]. The fourth-order valence-electron chi connectivity index (χ4n) is 1.45. The minimum atomic E-state index is -1.22. The number of hydrogen-bond acceptors (Lipinski definition) is 6. The molecule has 9 nitrogen and oxygen atoms in total. The van der Waals surface area contributed by atoms with Crippen LogP contribution in [0.25, 0.3) is 0 Å². The molecule has 0 fully saturated rings. The Balaban J connectivity index is 3.08. The Morgan fingerprint density at radius 1 is 1.32 bits per heavy atom. The van der Waals surface area contributed by atoms with Crippen LogP contribution < -0.4 is 4.90 Å². The van der Waals surface area contributed by atoms with Crippen molar-refractivity contribution in [2.45, 2.75) is 6.92 Å². The topological polar surface area (TPSA) is 134 Å². The van der Waals surface area contributed by atoms with Crippen molar-refractivity contribution < 1.29 is 24.7 Å². The molecule has 1 heterocycles. The summed E-state index contributed by atoms with van der Waals surface area (Å²) < 4.78 is 0. The molecule has 0 saturated carbocycles. The van der Waals surface area contributed by atoms with Gasteiger partial charge in [0.2, 0.25) is 0 Å². The zero-order chi connectivity index (χ0) is 14.6. The normalized spacial score (nSPS) is 9.95. The minimum absolute atomic E-state index is 0.0629. The second-order valence-electron chi connectivity index (χ2n) is 3.67. The molecule has 0 radical (unpaired) electrons. The molecule has 0 amide bonds. The average Bonchev–Trinajstić information content (AvgIpc) is 2.26. The smallest absolute Gasteiger partial charge is 0.323 e. The van der Waals surface area contributed by atoms with Gasteiger partial charge in [0.1, 0.15) is 24.6 Å². The van der Waals surface area contributed by atoms with Crippen molar-refractivity contribution in [3.8, 4) is 0 Å². The first-order valence-corrected chi connectivity index (χ1v) is 5.12. The van der Waals surface area contributed by atoms with Crippen LogP contribution in [0.15, 0.2) is 12.1 Å². The van der Waals surface area contributed by atoms with Crippen LogP contribution in [-0.2, 0) is 9.59 Å². The van der Waals surface area contributed by atoms with Gasteiger partial charge in [0.05, 0.1) is 4.92 Å². The molecule has 0 aliphatic heterocycles. The Kier molecular flexibility index (Phi) is 4.35. The summed E-state index contributed by atoms with van der Waals surface area (Å²) in [4.78, 5) is 36.2. The molecule has 1 aromatic heterocycles. The van der Waals surface area contributed by atoms with Gasteiger partial charge in [0.25, 0.3) is 5.69 Å². The van der Waals surface area contributed by atoms with Gasteiger partial charge in [0, 0.05) is 6.07 Å². The van der Waals surface area contributed by atoms with Gasteiger partial charge in [-0.2, -0.15) is 0 Å². The summed E-state index contributed by atoms with van der Waals surface area (Å²) >= 11 is 0. The predicted molar refractivity (Wildman–Crippen MR) is 63.1 cm³/mol. The van der Waals surface area contributed by atoms with E-state index in [1.54, 1.807) is 0 Å². The quantitative estimate of drug-likeness (QED) is 0.555. The molecule has 0 unspecified atom stereocenters. The summed E-state index contributed by atoms with van der Waals surface area (Å²) in [5, 5.41) is 28.0. The van der Waals surface area contributed by atoms with Crippen LogP contribution in [0.5, 0.6) is 0 Å². The Hall–Kier alpha value is -2.71. The number of nitro groups is 1. The summed E-state index contributed by atoms with van der Waals surface area (Å²) in [5.74, 6) is -2.38. The standard InChI is InChI=1S/C10H11N3O6/c1-6-7(13(18)19)2-3-8(11-6)12(4-9(14)15)5-10(16)17/h2-3H,4-5H2,1H3,(H,14,15)(H,16,17). The zero-order valence-corrected chi connectivity index (χ0v) is 9.94. The van der Waals surface area contributed by atoms with Crippen LogP contribution in [0.4, 0.5) is 11.5 Å². The van der Waals surface area contributed by atoms with E-state index in [0.29, 0.717) is 0 Å². The molecule has 0 aromatic carbocycles. The molecule has 9 heteroatoms. The lowest BCUT2D eigenvalue weighted by Crippen LogP contribution is -2.35. The molecule has 19 heavy (non-hydrogen) atoms. The lowest BCUT2D eigenvalue weighted by Gasteiger charge is -2.19. The number of aromatic nitrogens is 1. The first-order valence-electron chi connectivity index (χ1n) is 5.12. The molecule has 0 aliphatic rings. The van der Waals surface area contributed by atoms with Crippen LogP contribution >= 0.6 is 0 Å². The van der Waals surface area contributed by atoms with Gasteiger partial charge in [-0.25, -0.2) is 4.98 Å². The summed E-state index contributed by atoms with van der Waals surface area (Å²) in [7, 11) is 0. The van der Waals surface area contributed by atoms with Gasteiger partial charge < -0.3 is 15.1 Å². The minimum Gasteiger partial charge on any atom is -0.480 e. The first-order chi connectivity index (χ1) is 8.81. The van der Waals surface area contributed by atoms with E-state index in [2.05, 4.69) is 4.98 Å². The zero-order valence-electron chi connectivity index (χ0n) is 9.94. The lowest BCUT2D eigenvalue weighted by molar-refractivity contribution is -0.385. The van der Waals surface area contributed by atoms with Gasteiger partial charge in [-0.15, -0.1) is 0 Å². The number of carbonyl (C=O) groups is 2. The number of rotatable bonds is 6. The number of hydrogen-bond donors (Lipinski definition) is 2. The molecule has 0 saturated heterocycles. The van der Waals surface area contributed by atoms with Crippen molar-refractivity contribution in [3.05, 3.63) is 27.9 Å². The van der Waals surface area contributed by atoms with Crippen molar-refractivity contribution in [3.63, 3.8) is 0 Å². The highest BCUT2D eigenvalue weighted by Gasteiger charge is 2.18. The molecule has 0 atom stereocenters. The number of anilines is 1. The maximum Gasteiger partial charge on any atom is 0.323 e. The van der Waals surface area contributed by atoms with E-state index in [1.807, 2.05) is 0 Å². The summed E-state index contributed by atoms with van der Waals surface area (Å²) in [6, 6.07) is 2.38. The third-order valence-electron chi connectivity index (χ3n) is 2.22. The van der Waals surface area contributed by atoms with E-state index in [1.165, 1.54) is 13.0 Å². The predicted octanol–water partition coefficient (Wildman–Crippen LogP) is 0.274. The average molecular weight is 269 g/mol. The molecule has 0 spiro atoms. The van der Waals surface area contributed by atoms with Gasteiger partial charge in [-0.05, 0) is 13.0 Å². The Morgan fingerprint density at radius 2 is 1.84 bits per heavy atom. The van der Waals surface area contributed by atoms with Crippen LogP contribution in [0, 0.1) is 17.0 Å². The molecule has 0 bridgehead atoms. The van der Waals surface area contributed by atoms with E-state index in [9.17, 15) is 19.7 Å². The summed E-state index contributed by atoms with van der Waals surface area (Å²) in [6.45, 7) is 0.272. The van der Waals surface area contributed by atoms with E-state index >= 15 is 0 Å². The van der Waals surface area contributed by atoms with Crippen molar-refractivity contribution in [1.29, 1.82) is 0 Å². The maximum atomic E-state index is 10.7. The Morgan fingerprint density at radius 3 is 2.21 bits per heavy atom. The second-order valence-corrected chi connectivity index (χ2v) is 3.67. The van der Waals surface area contributed by atoms with E-state index < -0.39 is 30.0 Å². The number of nitrogens with zero attached hydrogens (tertiary/aromatic N) is 3. The lowest BCUT2D eigenvalue weighted by atomic mass is 10.3. The number of carboxylic acid groups (broad SMARTS) is 2. The summed E-state index contributed by atoms with van der Waals surface area (Å²) in [6.07, 6.45) is 0. The third-order valence-corrected chi connectivity index (χ3v) is 2.22. The Bertz CT molecular complexity index is 514. The first kappa shape index (κ1) is 14.4. The highest BCUT2D eigenvalue weighted by Crippen LogP contribution is 2.20. The van der Waals surface area contributed by atoms with Crippen molar-refractivity contribution in [1.82, 2.24) is 4.98 Å². The number of carboxylic acids is 2. The van der Waals surface area contributed by atoms with Crippen molar-refractivity contribution in [2.75, 3.05) is 18.0 Å². The second kappa shape index (κ2) is 5.76. The number of pyridine rings is 1. The van der Waals surface area contributed by atoms with Crippen molar-refractivity contribution >= 4 is 23.4 Å². The fraction of sp³-hybridized carbons (Fsp3) is 0.300. The van der Waals surface area contributed by atoms with Gasteiger partial charge in [-0.3, -0.25) is 19.7 Å².